The Morgan fingerprint density at radius 2 is 2.09 bits per heavy atom. The summed E-state index contributed by atoms with van der Waals surface area (Å²) in [4.78, 5) is 29.0. The molecule has 1 amide bonds. The maximum Gasteiger partial charge on any atom is 0.335 e. The molecule has 3 heterocycles. The van der Waals surface area contributed by atoms with Gasteiger partial charge in [-0.05, 0) is 29.8 Å². The Morgan fingerprint density at radius 1 is 1.26 bits per heavy atom. The molecule has 6 nitrogen and oxygen atoms in total. The Hall–Kier alpha value is -3.15. The number of hydrogen-bond acceptors (Lipinski definition) is 3. The average Bonchev–Trinajstić information content (AvgIpc) is 3.08. The number of carboxylic acid groups (broad SMARTS) is 1. The van der Waals surface area contributed by atoms with Crippen LogP contribution in [0.4, 0.5) is 5.69 Å². The van der Waals surface area contributed by atoms with Crippen LogP contribution in [0.3, 0.4) is 0 Å². The van der Waals surface area contributed by atoms with Crippen molar-refractivity contribution < 1.29 is 14.7 Å². The number of anilines is 1. The molecular formula is C17H13N3O3. The molecule has 1 aliphatic rings. The first-order valence-electron chi connectivity index (χ1n) is 7.15. The van der Waals surface area contributed by atoms with Gasteiger partial charge in [-0.3, -0.25) is 4.79 Å². The molecule has 0 fully saturated rings. The average molecular weight is 307 g/mol. The lowest BCUT2D eigenvalue weighted by Gasteiger charge is -2.09. The van der Waals surface area contributed by atoms with Crippen LogP contribution >= 0.6 is 0 Å². The molecule has 114 valence electrons. The van der Waals surface area contributed by atoms with E-state index in [0.29, 0.717) is 12.1 Å². The number of aromatic carboxylic acids is 1. The van der Waals surface area contributed by atoms with Crippen LogP contribution in [0.5, 0.6) is 0 Å². The SMILES string of the molecule is CN1C(=O)Cc2cc(-c3cn4ccc(C(=O)O)cc4n3)ccc21. The lowest BCUT2D eigenvalue weighted by molar-refractivity contribution is -0.117. The van der Waals surface area contributed by atoms with Gasteiger partial charge >= 0.3 is 5.97 Å². The summed E-state index contributed by atoms with van der Waals surface area (Å²) in [5.74, 6) is -0.894. The van der Waals surface area contributed by atoms with E-state index >= 15 is 0 Å². The highest BCUT2D eigenvalue weighted by molar-refractivity contribution is 6.01. The summed E-state index contributed by atoms with van der Waals surface area (Å²) in [5, 5.41) is 9.05. The molecule has 0 aliphatic carbocycles. The molecule has 0 saturated carbocycles. The minimum absolute atomic E-state index is 0.0817. The van der Waals surface area contributed by atoms with Gasteiger partial charge in [-0.15, -0.1) is 0 Å². The third-order valence-corrected chi connectivity index (χ3v) is 4.16. The second-order valence-corrected chi connectivity index (χ2v) is 5.59. The van der Waals surface area contributed by atoms with E-state index in [1.165, 1.54) is 12.1 Å². The fourth-order valence-corrected chi connectivity index (χ4v) is 2.88. The van der Waals surface area contributed by atoms with Gasteiger partial charge in [-0.1, -0.05) is 6.07 Å². The van der Waals surface area contributed by atoms with Gasteiger partial charge in [0.2, 0.25) is 5.91 Å². The van der Waals surface area contributed by atoms with Gasteiger partial charge in [-0.25, -0.2) is 9.78 Å². The van der Waals surface area contributed by atoms with E-state index in [1.807, 2.05) is 24.4 Å². The van der Waals surface area contributed by atoms with E-state index < -0.39 is 5.97 Å². The minimum atomic E-state index is -0.976. The number of carbonyl (C=O) groups excluding carboxylic acids is 1. The molecule has 0 unspecified atom stereocenters. The quantitative estimate of drug-likeness (QED) is 0.787. The van der Waals surface area contributed by atoms with Gasteiger partial charge in [0, 0.05) is 30.7 Å². The summed E-state index contributed by atoms with van der Waals surface area (Å²) >= 11 is 0. The summed E-state index contributed by atoms with van der Waals surface area (Å²) in [6, 6.07) is 8.89. The number of carboxylic acids is 1. The van der Waals surface area contributed by atoms with Crippen LogP contribution in [-0.4, -0.2) is 33.4 Å². The largest absolute Gasteiger partial charge is 0.478 e. The van der Waals surface area contributed by atoms with Gasteiger partial charge in [0.15, 0.2) is 0 Å². The van der Waals surface area contributed by atoms with Crippen molar-refractivity contribution in [3.8, 4) is 11.3 Å². The molecule has 2 aromatic heterocycles. The van der Waals surface area contributed by atoms with E-state index in [9.17, 15) is 9.59 Å². The van der Waals surface area contributed by atoms with Crippen LogP contribution < -0.4 is 4.90 Å². The van der Waals surface area contributed by atoms with Crippen molar-refractivity contribution in [2.45, 2.75) is 6.42 Å². The fraction of sp³-hybridized carbons (Fsp3) is 0.118. The number of fused-ring (bicyclic) bond motifs is 2. The van der Waals surface area contributed by atoms with Crippen LogP contribution in [0, 0.1) is 0 Å². The molecule has 0 spiro atoms. The standard InChI is InChI=1S/C17H13N3O3/c1-19-14-3-2-10(6-12(14)8-16(19)21)13-9-20-5-4-11(17(22)23)7-15(20)18-13/h2-7,9H,8H2,1H3,(H,22,23). The Labute approximate surface area is 131 Å². The smallest absolute Gasteiger partial charge is 0.335 e. The number of benzene rings is 1. The van der Waals surface area contributed by atoms with Crippen molar-refractivity contribution in [3.63, 3.8) is 0 Å². The van der Waals surface area contributed by atoms with Crippen LogP contribution in [0.25, 0.3) is 16.9 Å². The highest BCUT2D eigenvalue weighted by Gasteiger charge is 2.24. The molecule has 1 N–H and O–H groups in total. The number of rotatable bonds is 2. The zero-order valence-electron chi connectivity index (χ0n) is 12.4. The minimum Gasteiger partial charge on any atom is -0.478 e. The Morgan fingerprint density at radius 3 is 2.87 bits per heavy atom. The molecule has 1 aromatic carbocycles. The normalized spacial score (nSPS) is 13.6. The summed E-state index contributed by atoms with van der Waals surface area (Å²) in [7, 11) is 1.77. The molecule has 0 radical (unpaired) electrons. The van der Waals surface area contributed by atoms with Gasteiger partial charge < -0.3 is 14.4 Å². The molecule has 23 heavy (non-hydrogen) atoms. The lowest BCUT2D eigenvalue weighted by atomic mass is 10.1. The van der Waals surface area contributed by atoms with Crippen molar-refractivity contribution in [2.24, 2.45) is 0 Å². The topological polar surface area (TPSA) is 74.9 Å². The predicted molar refractivity (Wildman–Crippen MR) is 84.7 cm³/mol. The van der Waals surface area contributed by atoms with Crippen LogP contribution in [0.2, 0.25) is 0 Å². The Kier molecular flexibility index (Phi) is 2.74. The summed E-state index contributed by atoms with van der Waals surface area (Å²) in [5.41, 5.74) is 4.35. The Balaban J connectivity index is 1.79. The lowest BCUT2D eigenvalue weighted by Crippen LogP contribution is -2.20. The second-order valence-electron chi connectivity index (χ2n) is 5.59. The molecular weight excluding hydrogens is 294 g/mol. The number of nitrogens with zero attached hydrogens (tertiary/aromatic N) is 3. The highest BCUT2D eigenvalue weighted by Crippen LogP contribution is 2.31. The molecule has 3 aromatic rings. The maximum absolute atomic E-state index is 11.8. The van der Waals surface area contributed by atoms with E-state index in [4.69, 9.17) is 5.11 Å². The number of aromatic nitrogens is 2. The van der Waals surface area contributed by atoms with Gasteiger partial charge in [0.25, 0.3) is 0 Å². The van der Waals surface area contributed by atoms with E-state index in [-0.39, 0.29) is 11.5 Å². The predicted octanol–water partition coefficient (Wildman–Crippen LogP) is 2.22. The molecule has 0 bridgehead atoms. The number of likely N-dealkylation sites (N-methyl/N-ethyl adjacent to an activating group) is 1. The van der Waals surface area contributed by atoms with E-state index in [2.05, 4.69) is 4.98 Å². The number of amides is 1. The maximum atomic E-state index is 11.8. The zero-order valence-corrected chi connectivity index (χ0v) is 12.4. The molecule has 6 heteroatoms. The number of imidazole rings is 1. The summed E-state index contributed by atoms with van der Waals surface area (Å²) < 4.78 is 1.78. The third kappa shape index (κ3) is 2.07. The molecule has 0 saturated heterocycles. The molecule has 4 rings (SSSR count). The summed E-state index contributed by atoms with van der Waals surface area (Å²) in [6.07, 6.45) is 3.93. The number of pyridine rings is 1. The van der Waals surface area contributed by atoms with Gasteiger partial charge in [-0.2, -0.15) is 0 Å². The first-order chi connectivity index (χ1) is 11.0. The zero-order chi connectivity index (χ0) is 16.1. The van der Waals surface area contributed by atoms with Crippen LogP contribution in [0.15, 0.2) is 42.7 Å². The van der Waals surface area contributed by atoms with Crippen LogP contribution in [0.1, 0.15) is 15.9 Å². The first-order valence-corrected chi connectivity index (χ1v) is 7.15. The first kappa shape index (κ1) is 13.5. The van der Waals surface area contributed by atoms with Gasteiger partial charge in [0.1, 0.15) is 5.65 Å². The van der Waals surface area contributed by atoms with Crippen molar-refractivity contribution in [1.29, 1.82) is 0 Å². The number of carbonyl (C=O) groups is 2. The second kappa shape index (κ2) is 4.67. The van der Waals surface area contributed by atoms with Crippen LogP contribution in [-0.2, 0) is 11.2 Å². The van der Waals surface area contributed by atoms with Crippen molar-refractivity contribution >= 4 is 23.2 Å². The third-order valence-electron chi connectivity index (χ3n) is 4.16. The number of hydrogen-bond donors (Lipinski definition) is 1. The monoisotopic (exact) mass is 307 g/mol. The van der Waals surface area contributed by atoms with Crippen molar-refractivity contribution in [1.82, 2.24) is 9.38 Å². The molecule has 0 atom stereocenters. The Bertz CT molecular complexity index is 974. The van der Waals surface area contributed by atoms with Gasteiger partial charge in [0.05, 0.1) is 17.7 Å². The van der Waals surface area contributed by atoms with Crippen molar-refractivity contribution in [3.05, 3.63) is 53.9 Å². The molecule has 1 aliphatic heterocycles. The fourth-order valence-electron chi connectivity index (χ4n) is 2.88. The summed E-state index contributed by atoms with van der Waals surface area (Å²) in [6.45, 7) is 0. The van der Waals surface area contributed by atoms with Crippen molar-refractivity contribution in [2.75, 3.05) is 11.9 Å². The highest BCUT2D eigenvalue weighted by atomic mass is 16.4. The van der Waals surface area contributed by atoms with E-state index in [1.54, 1.807) is 22.5 Å². The van der Waals surface area contributed by atoms with E-state index in [0.717, 1.165) is 22.5 Å².